The molecule has 25 heavy (non-hydrogen) atoms. The average Bonchev–Trinajstić information content (AvgIpc) is 2.64. The van der Waals surface area contributed by atoms with Gasteiger partial charge in [0.15, 0.2) is 0 Å². The number of amides is 1. The molecule has 0 aliphatic heterocycles. The van der Waals surface area contributed by atoms with Crippen LogP contribution in [-0.4, -0.2) is 30.5 Å². The van der Waals surface area contributed by atoms with Crippen molar-refractivity contribution in [2.24, 2.45) is 17.3 Å². The molecule has 1 fully saturated rings. The minimum absolute atomic E-state index is 0.105. The van der Waals surface area contributed by atoms with Crippen LogP contribution < -0.4 is 4.74 Å². The lowest BCUT2D eigenvalue weighted by molar-refractivity contribution is -0.0112. The number of hydrogen-bond acceptors (Lipinski definition) is 2. The number of methoxy groups -OCH3 is 1. The highest BCUT2D eigenvalue weighted by atomic mass is 16.5. The van der Waals surface area contributed by atoms with E-state index < -0.39 is 0 Å². The number of rotatable bonds is 6. The number of carbonyl (C=O) groups excluding carboxylic acids is 1. The molecule has 136 valence electrons. The molecule has 4 rings (SSSR count). The molecule has 1 aromatic rings. The van der Waals surface area contributed by atoms with Crippen molar-refractivity contribution in [2.75, 3.05) is 13.7 Å². The summed E-state index contributed by atoms with van der Waals surface area (Å²) in [5.74, 6) is 2.30. The van der Waals surface area contributed by atoms with E-state index >= 15 is 0 Å². The Bertz CT molecular complexity index is 676. The summed E-state index contributed by atoms with van der Waals surface area (Å²) in [5.41, 5.74) is 2.57. The zero-order valence-corrected chi connectivity index (χ0v) is 16.2. The number of allylic oxidation sites excluding steroid dienone is 1. The summed E-state index contributed by atoms with van der Waals surface area (Å²) >= 11 is 0. The van der Waals surface area contributed by atoms with Gasteiger partial charge in [0.1, 0.15) is 5.75 Å². The molecular formula is C22H31NO2. The molecule has 1 saturated carbocycles. The number of benzene rings is 1. The molecule has 1 aromatic carbocycles. The maximum Gasteiger partial charge on any atom is 0.254 e. The number of hydrogen-bond donors (Lipinski definition) is 0. The third-order valence-electron chi connectivity index (χ3n) is 6.64. The van der Waals surface area contributed by atoms with Gasteiger partial charge in [0.05, 0.1) is 7.11 Å². The molecular weight excluding hydrogens is 310 g/mol. The van der Waals surface area contributed by atoms with Crippen LogP contribution in [0.1, 0.15) is 57.3 Å². The summed E-state index contributed by atoms with van der Waals surface area (Å²) in [7, 11) is 1.64. The Morgan fingerprint density at radius 2 is 2.16 bits per heavy atom. The quantitative estimate of drug-likeness (QED) is 0.687. The van der Waals surface area contributed by atoms with E-state index in [2.05, 4.69) is 38.7 Å². The van der Waals surface area contributed by atoms with Crippen molar-refractivity contribution in [3.05, 3.63) is 41.5 Å². The lowest BCUT2D eigenvalue weighted by Gasteiger charge is -2.57. The zero-order chi connectivity index (χ0) is 18.2. The first kappa shape index (κ1) is 18.0. The second-order valence-electron chi connectivity index (χ2n) is 8.24. The second kappa shape index (κ2) is 6.86. The monoisotopic (exact) mass is 341 g/mol. The SMILES string of the molecule is CCC(C)N(CC1=CCC2CC1C2(C)C)C(=O)c1cccc(OC)c1. The van der Waals surface area contributed by atoms with Gasteiger partial charge in [-0.2, -0.15) is 0 Å². The van der Waals surface area contributed by atoms with Crippen LogP contribution in [0.3, 0.4) is 0 Å². The van der Waals surface area contributed by atoms with Gasteiger partial charge >= 0.3 is 0 Å². The van der Waals surface area contributed by atoms with Crippen molar-refractivity contribution in [3.63, 3.8) is 0 Å². The molecule has 0 aromatic heterocycles. The zero-order valence-electron chi connectivity index (χ0n) is 16.2. The van der Waals surface area contributed by atoms with Crippen molar-refractivity contribution in [1.29, 1.82) is 0 Å². The van der Waals surface area contributed by atoms with Gasteiger partial charge < -0.3 is 9.64 Å². The first-order valence-corrected chi connectivity index (χ1v) is 9.52. The van der Waals surface area contributed by atoms with Crippen molar-refractivity contribution in [3.8, 4) is 5.75 Å². The molecule has 0 radical (unpaired) electrons. The molecule has 2 bridgehead atoms. The molecule has 0 heterocycles. The van der Waals surface area contributed by atoms with E-state index in [9.17, 15) is 4.79 Å². The largest absolute Gasteiger partial charge is 0.497 e. The van der Waals surface area contributed by atoms with Gasteiger partial charge in [-0.1, -0.05) is 38.5 Å². The van der Waals surface area contributed by atoms with E-state index in [1.54, 1.807) is 7.11 Å². The molecule has 0 spiro atoms. The Labute approximate surface area is 152 Å². The highest BCUT2D eigenvalue weighted by Crippen LogP contribution is 2.59. The molecule has 3 atom stereocenters. The number of fused-ring (bicyclic) bond motifs is 1. The number of carbonyl (C=O) groups is 1. The molecule has 3 aliphatic carbocycles. The van der Waals surface area contributed by atoms with Gasteiger partial charge in [0, 0.05) is 18.2 Å². The molecule has 1 amide bonds. The van der Waals surface area contributed by atoms with E-state index in [-0.39, 0.29) is 11.9 Å². The number of nitrogens with zero attached hydrogens (tertiary/aromatic N) is 1. The summed E-state index contributed by atoms with van der Waals surface area (Å²) < 4.78 is 5.29. The lowest BCUT2D eigenvalue weighted by Crippen LogP contribution is -2.51. The molecule has 3 unspecified atom stereocenters. The first-order valence-electron chi connectivity index (χ1n) is 9.52. The maximum absolute atomic E-state index is 13.2. The predicted octanol–water partition coefficient (Wildman–Crippen LogP) is 4.93. The van der Waals surface area contributed by atoms with Gasteiger partial charge in [0.25, 0.3) is 5.91 Å². The molecule has 0 N–H and O–H groups in total. The summed E-state index contributed by atoms with van der Waals surface area (Å²) in [6.07, 6.45) is 5.82. The topological polar surface area (TPSA) is 29.5 Å². The Kier molecular flexibility index (Phi) is 4.95. The van der Waals surface area contributed by atoms with Crippen molar-refractivity contribution in [2.45, 2.75) is 53.0 Å². The van der Waals surface area contributed by atoms with E-state index in [1.165, 1.54) is 18.4 Å². The molecule has 3 heteroatoms. The van der Waals surface area contributed by atoms with Crippen molar-refractivity contribution >= 4 is 5.91 Å². The second-order valence-corrected chi connectivity index (χ2v) is 8.24. The lowest BCUT2D eigenvalue weighted by atomic mass is 9.49. The van der Waals surface area contributed by atoms with E-state index in [0.717, 1.165) is 24.6 Å². The highest BCUT2D eigenvalue weighted by molar-refractivity contribution is 5.95. The van der Waals surface area contributed by atoms with Gasteiger partial charge in [-0.25, -0.2) is 0 Å². The predicted molar refractivity (Wildman–Crippen MR) is 102 cm³/mol. The summed E-state index contributed by atoms with van der Waals surface area (Å²) in [6, 6.07) is 7.72. The first-order chi connectivity index (χ1) is 11.9. The van der Waals surface area contributed by atoms with Gasteiger partial charge in [0.2, 0.25) is 0 Å². The fraction of sp³-hybridized carbons (Fsp3) is 0.591. The van der Waals surface area contributed by atoms with Gasteiger partial charge in [-0.3, -0.25) is 4.79 Å². The summed E-state index contributed by atoms with van der Waals surface area (Å²) in [4.78, 5) is 15.3. The molecule has 0 saturated heterocycles. The van der Waals surface area contributed by atoms with Crippen LogP contribution in [0.4, 0.5) is 0 Å². The Morgan fingerprint density at radius 1 is 1.40 bits per heavy atom. The summed E-state index contributed by atoms with van der Waals surface area (Å²) in [6.45, 7) is 9.82. The highest BCUT2D eigenvalue weighted by Gasteiger charge is 2.51. The Morgan fingerprint density at radius 3 is 2.76 bits per heavy atom. The van der Waals surface area contributed by atoms with Gasteiger partial charge in [-0.15, -0.1) is 0 Å². The standard InChI is InChI=1S/C22H31NO2/c1-6-15(2)23(21(24)16-8-7-9-19(12-16)25-5)14-17-10-11-18-13-20(17)22(18,3)4/h7-10,12,15,18,20H,6,11,13-14H2,1-5H3. The van der Waals surface area contributed by atoms with E-state index in [1.807, 2.05) is 24.3 Å². The Hall–Kier alpha value is -1.77. The van der Waals surface area contributed by atoms with Crippen LogP contribution in [0.5, 0.6) is 5.75 Å². The van der Waals surface area contributed by atoms with Crippen LogP contribution in [0.25, 0.3) is 0 Å². The average molecular weight is 341 g/mol. The third-order valence-corrected chi connectivity index (χ3v) is 6.64. The van der Waals surface area contributed by atoms with Crippen LogP contribution in [0.15, 0.2) is 35.9 Å². The maximum atomic E-state index is 13.2. The molecule has 3 nitrogen and oxygen atoms in total. The smallest absolute Gasteiger partial charge is 0.254 e. The minimum Gasteiger partial charge on any atom is -0.497 e. The third kappa shape index (κ3) is 3.21. The Balaban J connectivity index is 1.83. The molecule has 3 aliphatic rings. The fourth-order valence-electron chi connectivity index (χ4n) is 4.42. The van der Waals surface area contributed by atoms with Crippen LogP contribution >= 0.6 is 0 Å². The van der Waals surface area contributed by atoms with Crippen molar-refractivity contribution in [1.82, 2.24) is 4.90 Å². The van der Waals surface area contributed by atoms with Crippen LogP contribution in [0, 0.1) is 17.3 Å². The van der Waals surface area contributed by atoms with Crippen LogP contribution in [-0.2, 0) is 0 Å². The van der Waals surface area contributed by atoms with Gasteiger partial charge in [-0.05, 0) is 61.6 Å². The van der Waals surface area contributed by atoms with E-state index in [4.69, 9.17) is 4.74 Å². The normalized spacial score (nSPS) is 24.8. The summed E-state index contributed by atoms with van der Waals surface area (Å²) in [5, 5.41) is 0. The minimum atomic E-state index is 0.105. The van der Waals surface area contributed by atoms with E-state index in [0.29, 0.717) is 16.9 Å². The fourth-order valence-corrected chi connectivity index (χ4v) is 4.42. The number of ether oxygens (including phenoxy) is 1. The van der Waals surface area contributed by atoms with Crippen molar-refractivity contribution < 1.29 is 9.53 Å². The van der Waals surface area contributed by atoms with Crippen LogP contribution in [0.2, 0.25) is 0 Å².